The van der Waals surface area contributed by atoms with Crippen molar-refractivity contribution in [2.75, 3.05) is 33.9 Å². The Morgan fingerprint density at radius 3 is 2.12 bits per heavy atom. The Morgan fingerprint density at radius 1 is 0.719 bits per heavy atom. The molecule has 330 valence electrons. The number of unbranched alkanes of at least 4 members (excludes halogenated alkanes) is 11. The van der Waals surface area contributed by atoms with Crippen LogP contribution in [0, 0.1) is 46.3 Å². The van der Waals surface area contributed by atoms with Crippen molar-refractivity contribution < 1.29 is 9.47 Å². The summed E-state index contributed by atoms with van der Waals surface area (Å²) < 4.78 is 13.1. The van der Waals surface area contributed by atoms with Gasteiger partial charge in [0.1, 0.15) is 0 Å². The average Bonchev–Trinajstić information content (AvgIpc) is 3.54. The van der Waals surface area contributed by atoms with Crippen molar-refractivity contribution in [2.24, 2.45) is 46.3 Å². The smallest absolute Gasteiger partial charge is 0.0701 e. The maximum Gasteiger partial charge on any atom is 0.0701 e. The number of nitrogens with zero attached hydrogens (tertiary/aromatic N) is 1. The Hall–Kier alpha value is -0.900. The molecule has 4 aliphatic rings. The molecule has 3 saturated carbocycles. The Morgan fingerprint density at radius 2 is 1.42 bits per heavy atom. The number of hydrogen-bond donors (Lipinski definition) is 0. The molecule has 0 amide bonds. The first-order valence-corrected chi connectivity index (χ1v) is 25.5. The fourth-order valence-electron chi connectivity index (χ4n) is 12.7. The summed E-state index contributed by atoms with van der Waals surface area (Å²) in [5.41, 5.74) is 2.76. The minimum atomic E-state index is 0.348. The van der Waals surface area contributed by atoms with Crippen molar-refractivity contribution in [3.8, 4) is 0 Å². The Balaban J connectivity index is 1.05. The van der Waals surface area contributed by atoms with Crippen LogP contribution in [0.1, 0.15) is 215 Å². The van der Waals surface area contributed by atoms with Crippen molar-refractivity contribution in [3.05, 3.63) is 36.0 Å². The highest BCUT2D eigenvalue weighted by atomic mass is 16.5. The van der Waals surface area contributed by atoms with E-state index in [-0.39, 0.29) is 0 Å². The van der Waals surface area contributed by atoms with E-state index in [1.54, 1.807) is 5.57 Å². The second kappa shape index (κ2) is 26.4. The monoisotopic (exact) mass is 792 g/mol. The molecule has 0 spiro atoms. The van der Waals surface area contributed by atoms with Crippen LogP contribution in [0.15, 0.2) is 36.0 Å². The molecule has 4 rings (SSSR count). The predicted molar refractivity (Wildman–Crippen MR) is 249 cm³/mol. The van der Waals surface area contributed by atoms with Crippen molar-refractivity contribution in [1.29, 1.82) is 0 Å². The summed E-state index contributed by atoms with van der Waals surface area (Å²) >= 11 is 0. The zero-order valence-corrected chi connectivity index (χ0v) is 39.5. The molecule has 3 heteroatoms. The van der Waals surface area contributed by atoms with Crippen LogP contribution in [0.2, 0.25) is 0 Å². The summed E-state index contributed by atoms with van der Waals surface area (Å²) in [4.78, 5) is 2.30. The van der Waals surface area contributed by atoms with Crippen LogP contribution in [0.5, 0.6) is 0 Å². The topological polar surface area (TPSA) is 21.7 Å². The molecular formula is C54H97NO2. The third-order valence-corrected chi connectivity index (χ3v) is 16.1. The van der Waals surface area contributed by atoms with Crippen LogP contribution in [-0.2, 0) is 9.47 Å². The van der Waals surface area contributed by atoms with Crippen LogP contribution in [0.4, 0.5) is 0 Å². The Labute approximate surface area is 356 Å². The van der Waals surface area contributed by atoms with Gasteiger partial charge in [0.2, 0.25) is 0 Å². The SMILES string of the molecule is CCCCCC=CCC=CCCCCCCCCCCC(CN(C)C)OCCCOC1CCC2(C)C(=CCC3C2CCC2(C)C(C(C)CCCC(C)C)CCC32)C1. The van der Waals surface area contributed by atoms with Gasteiger partial charge in [-0.2, -0.15) is 0 Å². The highest BCUT2D eigenvalue weighted by molar-refractivity contribution is 5.25. The minimum Gasteiger partial charge on any atom is -0.378 e. The van der Waals surface area contributed by atoms with Gasteiger partial charge in [0.15, 0.2) is 0 Å². The number of rotatable bonds is 30. The molecule has 0 radical (unpaired) electrons. The van der Waals surface area contributed by atoms with E-state index in [1.807, 2.05) is 0 Å². The molecule has 57 heavy (non-hydrogen) atoms. The van der Waals surface area contributed by atoms with E-state index in [2.05, 4.69) is 90.9 Å². The number of likely N-dealkylation sites (N-methyl/N-ethyl adjacent to an activating group) is 1. The lowest BCUT2D eigenvalue weighted by Crippen LogP contribution is -2.51. The van der Waals surface area contributed by atoms with Gasteiger partial charge < -0.3 is 14.4 Å². The van der Waals surface area contributed by atoms with Gasteiger partial charge in [-0.05, 0) is 157 Å². The molecule has 9 unspecified atom stereocenters. The number of ether oxygens (including phenoxy) is 2. The van der Waals surface area contributed by atoms with Gasteiger partial charge in [0, 0.05) is 19.8 Å². The first kappa shape index (κ1) is 48.8. The molecule has 0 aliphatic heterocycles. The predicted octanol–water partition coefficient (Wildman–Crippen LogP) is 15.7. The summed E-state index contributed by atoms with van der Waals surface area (Å²) in [6, 6.07) is 0. The maximum absolute atomic E-state index is 6.61. The number of allylic oxidation sites excluding steroid dienone is 5. The summed E-state index contributed by atoms with van der Waals surface area (Å²) in [6.07, 6.45) is 49.1. The number of hydrogen-bond acceptors (Lipinski definition) is 3. The molecule has 3 fully saturated rings. The molecule has 4 aliphatic carbocycles. The second-order valence-corrected chi connectivity index (χ2v) is 21.2. The van der Waals surface area contributed by atoms with E-state index in [0.717, 1.165) is 68.1 Å². The van der Waals surface area contributed by atoms with Gasteiger partial charge in [-0.25, -0.2) is 0 Å². The second-order valence-electron chi connectivity index (χ2n) is 21.2. The summed E-state index contributed by atoms with van der Waals surface area (Å²) in [7, 11) is 4.38. The van der Waals surface area contributed by atoms with E-state index in [9.17, 15) is 0 Å². The van der Waals surface area contributed by atoms with Crippen molar-refractivity contribution in [2.45, 2.75) is 227 Å². The van der Waals surface area contributed by atoms with Crippen molar-refractivity contribution >= 4 is 0 Å². The zero-order valence-electron chi connectivity index (χ0n) is 39.5. The Bertz CT molecular complexity index is 1150. The fraction of sp³-hybridized carbons (Fsp3) is 0.889. The zero-order chi connectivity index (χ0) is 40.9. The van der Waals surface area contributed by atoms with E-state index in [1.165, 1.54) is 161 Å². The third-order valence-electron chi connectivity index (χ3n) is 16.1. The van der Waals surface area contributed by atoms with Crippen molar-refractivity contribution in [3.63, 3.8) is 0 Å². The summed E-state index contributed by atoms with van der Waals surface area (Å²) in [5, 5.41) is 0. The van der Waals surface area contributed by atoms with E-state index >= 15 is 0 Å². The number of fused-ring (bicyclic) bond motifs is 5. The van der Waals surface area contributed by atoms with E-state index < -0.39 is 0 Å². The molecule has 0 saturated heterocycles. The average molecular weight is 792 g/mol. The standard InChI is InChI=1S/C54H97NO2/c1-9-10-11-12-13-14-15-16-17-18-19-20-21-22-23-24-25-26-31-48(43-55(7)8)57-41-28-40-56-47-36-38-53(5)46(42-47)32-33-49-51-35-34-50(45(4)30-27-29-44(2)3)54(51,6)39-37-52(49)53/h13-14,16-17,32,44-45,47-52H,9-12,15,18-31,33-43H2,1-8H3. The molecule has 0 N–H and O–H groups in total. The lowest BCUT2D eigenvalue weighted by atomic mass is 9.47. The quantitative estimate of drug-likeness (QED) is 0.0534. The molecule has 0 aromatic rings. The van der Waals surface area contributed by atoms with Crippen LogP contribution in [-0.4, -0.2) is 51.0 Å². The van der Waals surface area contributed by atoms with Crippen LogP contribution in [0.3, 0.4) is 0 Å². The van der Waals surface area contributed by atoms with E-state index in [0.29, 0.717) is 23.0 Å². The normalized spacial score (nSPS) is 29.9. The lowest BCUT2D eigenvalue weighted by Gasteiger charge is -2.58. The van der Waals surface area contributed by atoms with Gasteiger partial charge in [-0.1, -0.05) is 155 Å². The molecule has 0 aromatic carbocycles. The third kappa shape index (κ3) is 15.8. The first-order valence-electron chi connectivity index (χ1n) is 25.5. The van der Waals surface area contributed by atoms with Gasteiger partial charge in [0.25, 0.3) is 0 Å². The van der Waals surface area contributed by atoms with Crippen LogP contribution < -0.4 is 0 Å². The Kier molecular flexibility index (Phi) is 22.6. The molecule has 0 bridgehead atoms. The van der Waals surface area contributed by atoms with Crippen LogP contribution in [0.25, 0.3) is 0 Å². The first-order chi connectivity index (χ1) is 27.6. The fourth-order valence-corrected chi connectivity index (χ4v) is 12.7. The lowest BCUT2D eigenvalue weighted by molar-refractivity contribution is -0.0657. The molecule has 0 heterocycles. The largest absolute Gasteiger partial charge is 0.378 e. The van der Waals surface area contributed by atoms with Gasteiger partial charge in [-0.3, -0.25) is 0 Å². The molecule has 3 nitrogen and oxygen atoms in total. The van der Waals surface area contributed by atoms with Crippen LogP contribution >= 0.6 is 0 Å². The van der Waals surface area contributed by atoms with Gasteiger partial charge >= 0.3 is 0 Å². The maximum atomic E-state index is 6.61. The molecule has 0 aromatic heterocycles. The summed E-state index contributed by atoms with van der Waals surface area (Å²) in [5.74, 6) is 5.46. The summed E-state index contributed by atoms with van der Waals surface area (Å²) in [6.45, 7) is 17.8. The van der Waals surface area contributed by atoms with Gasteiger partial charge in [0.05, 0.1) is 12.2 Å². The highest BCUT2D eigenvalue weighted by Gasteiger charge is 2.59. The van der Waals surface area contributed by atoms with E-state index in [4.69, 9.17) is 9.47 Å². The molecular weight excluding hydrogens is 695 g/mol. The van der Waals surface area contributed by atoms with Crippen molar-refractivity contribution in [1.82, 2.24) is 4.90 Å². The highest BCUT2D eigenvalue weighted by Crippen LogP contribution is 2.67. The molecule has 9 atom stereocenters. The van der Waals surface area contributed by atoms with Gasteiger partial charge in [-0.15, -0.1) is 0 Å². The minimum absolute atomic E-state index is 0.348.